The molecule has 0 N–H and O–H groups in total. The molecule has 0 bridgehead atoms. The lowest BCUT2D eigenvalue weighted by Gasteiger charge is -2.04. The standard InChI is InChI=1S/C11H5Cl3O2S/c12-7-8(13)10(15)16-11(9(7)14)17-6-4-2-1-3-5-6/h1-5H. The van der Waals surface area contributed by atoms with Crippen LogP contribution in [0.4, 0.5) is 0 Å². The molecule has 0 saturated carbocycles. The quantitative estimate of drug-likeness (QED) is 0.802. The minimum absolute atomic E-state index is 0.0167. The van der Waals surface area contributed by atoms with Crippen LogP contribution in [0.2, 0.25) is 15.1 Å². The van der Waals surface area contributed by atoms with Gasteiger partial charge >= 0.3 is 5.63 Å². The zero-order valence-electron chi connectivity index (χ0n) is 8.25. The molecule has 2 rings (SSSR count). The van der Waals surface area contributed by atoms with Gasteiger partial charge in [0.25, 0.3) is 0 Å². The van der Waals surface area contributed by atoms with E-state index >= 15 is 0 Å². The van der Waals surface area contributed by atoms with Crippen LogP contribution >= 0.6 is 46.6 Å². The van der Waals surface area contributed by atoms with Crippen LogP contribution in [0, 0.1) is 0 Å². The summed E-state index contributed by atoms with van der Waals surface area (Å²) in [5.41, 5.74) is -0.695. The fourth-order valence-electron chi connectivity index (χ4n) is 1.11. The first kappa shape index (κ1) is 12.8. The van der Waals surface area contributed by atoms with E-state index in [1.807, 2.05) is 30.3 Å². The first-order valence-electron chi connectivity index (χ1n) is 4.50. The first-order chi connectivity index (χ1) is 8.09. The molecule has 88 valence electrons. The molecule has 17 heavy (non-hydrogen) atoms. The van der Waals surface area contributed by atoms with Gasteiger partial charge in [-0.25, -0.2) is 4.79 Å². The Bertz CT molecular complexity index is 596. The largest absolute Gasteiger partial charge is 0.413 e. The molecule has 6 heteroatoms. The third-order valence-electron chi connectivity index (χ3n) is 1.88. The molecule has 0 spiro atoms. The van der Waals surface area contributed by atoms with E-state index in [-0.39, 0.29) is 20.2 Å². The second-order valence-corrected chi connectivity index (χ2v) is 5.21. The Labute approximate surface area is 116 Å². The van der Waals surface area contributed by atoms with Crippen molar-refractivity contribution in [1.82, 2.24) is 0 Å². The maximum atomic E-state index is 11.3. The molecule has 1 heterocycles. The van der Waals surface area contributed by atoms with Gasteiger partial charge in [-0.05, 0) is 12.1 Å². The Balaban J connectivity index is 2.44. The van der Waals surface area contributed by atoms with Gasteiger partial charge in [0.1, 0.15) is 10.0 Å². The summed E-state index contributed by atoms with van der Waals surface area (Å²) in [6, 6.07) is 9.35. The summed E-state index contributed by atoms with van der Waals surface area (Å²) in [5.74, 6) is 0. The van der Waals surface area contributed by atoms with E-state index in [2.05, 4.69) is 0 Å². The minimum atomic E-state index is -0.695. The summed E-state index contributed by atoms with van der Waals surface area (Å²) in [5, 5.41) is 0.194. The molecule has 1 aromatic carbocycles. The van der Waals surface area contributed by atoms with E-state index in [0.29, 0.717) is 0 Å². The average Bonchev–Trinajstić information content (AvgIpc) is 2.35. The first-order valence-corrected chi connectivity index (χ1v) is 6.45. The molecule has 2 aromatic rings. The summed E-state index contributed by atoms with van der Waals surface area (Å²) >= 11 is 18.6. The zero-order chi connectivity index (χ0) is 12.4. The van der Waals surface area contributed by atoms with Crippen molar-refractivity contribution in [2.24, 2.45) is 0 Å². The van der Waals surface area contributed by atoms with Gasteiger partial charge in [0.05, 0.1) is 5.02 Å². The SMILES string of the molecule is O=c1oc(Sc2ccccc2)c(Cl)c(Cl)c1Cl. The molecule has 0 saturated heterocycles. The van der Waals surface area contributed by atoms with E-state index in [1.165, 1.54) is 11.8 Å². The average molecular weight is 308 g/mol. The molecule has 0 aliphatic carbocycles. The Hall–Kier alpha value is -0.610. The molecule has 1 aromatic heterocycles. The van der Waals surface area contributed by atoms with Crippen molar-refractivity contribution in [2.75, 3.05) is 0 Å². The van der Waals surface area contributed by atoms with E-state index in [1.54, 1.807) is 0 Å². The lowest BCUT2D eigenvalue weighted by Crippen LogP contribution is -2.01. The highest BCUT2D eigenvalue weighted by molar-refractivity contribution is 7.99. The second kappa shape index (κ2) is 5.36. The lowest BCUT2D eigenvalue weighted by atomic mass is 10.4. The summed E-state index contributed by atoms with van der Waals surface area (Å²) in [6.07, 6.45) is 0. The van der Waals surface area contributed by atoms with Gasteiger partial charge in [0, 0.05) is 4.90 Å². The molecule has 0 amide bonds. The third kappa shape index (κ3) is 2.80. The Kier molecular flexibility index (Phi) is 4.05. The summed E-state index contributed by atoms with van der Waals surface area (Å²) in [6.45, 7) is 0. The highest BCUT2D eigenvalue weighted by Crippen LogP contribution is 2.38. The van der Waals surface area contributed by atoms with Gasteiger partial charge in [0.15, 0.2) is 5.09 Å². The monoisotopic (exact) mass is 306 g/mol. The highest BCUT2D eigenvalue weighted by Gasteiger charge is 2.16. The van der Waals surface area contributed by atoms with Crippen molar-refractivity contribution in [3.8, 4) is 0 Å². The van der Waals surface area contributed by atoms with Crippen molar-refractivity contribution in [2.45, 2.75) is 9.99 Å². The van der Waals surface area contributed by atoms with Gasteiger partial charge in [-0.3, -0.25) is 0 Å². The Morgan fingerprint density at radius 3 is 2.24 bits per heavy atom. The van der Waals surface area contributed by atoms with Gasteiger partial charge < -0.3 is 4.42 Å². The number of benzene rings is 1. The number of hydrogen-bond donors (Lipinski definition) is 0. The van der Waals surface area contributed by atoms with Crippen molar-refractivity contribution >= 4 is 46.6 Å². The fourth-order valence-corrected chi connectivity index (χ4v) is 2.58. The molecule has 0 unspecified atom stereocenters. The molecule has 0 aliphatic heterocycles. The van der Waals surface area contributed by atoms with Crippen LogP contribution in [-0.2, 0) is 0 Å². The van der Waals surface area contributed by atoms with Crippen LogP contribution in [0.3, 0.4) is 0 Å². The smallest absolute Gasteiger partial charge is 0.357 e. The van der Waals surface area contributed by atoms with Crippen LogP contribution < -0.4 is 5.63 Å². The molecule has 0 aliphatic rings. The molecule has 0 atom stereocenters. The number of halogens is 3. The van der Waals surface area contributed by atoms with E-state index in [0.717, 1.165) is 4.90 Å². The maximum Gasteiger partial charge on any atom is 0.357 e. The molecule has 0 radical (unpaired) electrons. The highest BCUT2D eigenvalue weighted by atomic mass is 35.5. The fraction of sp³-hybridized carbons (Fsp3) is 0. The van der Waals surface area contributed by atoms with Crippen molar-refractivity contribution in [1.29, 1.82) is 0 Å². The maximum absolute atomic E-state index is 11.3. The Morgan fingerprint density at radius 1 is 0.941 bits per heavy atom. The normalized spacial score (nSPS) is 10.5. The van der Waals surface area contributed by atoms with E-state index in [4.69, 9.17) is 39.2 Å². The van der Waals surface area contributed by atoms with Gasteiger partial charge in [-0.1, -0.05) is 64.8 Å². The minimum Gasteiger partial charge on any atom is -0.413 e. The van der Waals surface area contributed by atoms with Crippen molar-refractivity contribution in [3.05, 3.63) is 55.8 Å². The van der Waals surface area contributed by atoms with Crippen molar-refractivity contribution < 1.29 is 4.42 Å². The molecular formula is C11H5Cl3O2S. The predicted octanol–water partition coefficient (Wildman–Crippen LogP) is 4.75. The van der Waals surface area contributed by atoms with Gasteiger partial charge in [0.2, 0.25) is 0 Å². The van der Waals surface area contributed by atoms with Crippen molar-refractivity contribution in [3.63, 3.8) is 0 Å². The number of hydrogen-bond acceptors (Lipinski definition) is 3. The summed E-state index contributed by atoms with van der Waals surface area (Å²) < 4.78 is 4.98. The topological polar surface area (TPSA) is 30.2 Å². The summed E-state index contributed by atoms with van der Waals surface area (Å²) in [4.78, 5) is 12.2. The lowest BCUT2D eigenvalue weighted by molar-refractivity contribution is 0.423. The molecule has 0 fully saturated rings. The van der Waals surface area contributed by atoms with E-state index in [9.17, 15) is 4.79 Å². The number of rotatable bonds is 2. The second-order valence-electron chi connectivity index (χ2n) is 3.03. The molecule has 2 nitrogen and oxygen atoms in total. The molecular weight excluding hydrogens is 303 g/mol. The van der Waals surface area contributed by atoms with Crippen LogP contribution in [0.15, 0.2) is 49.5 Å². The van der Waals surface area contributed by atoms with E-state index < -0.39 is 5.63 Å². The van der Waals surface area contributed by atoms with Gasteiger partial charge in [-0.15, -0.1) is 0 Å². The van der Waals surface area contributed by atoms with Crippen LogP contribution in [0.5, 0.6) is 0 Å². The zero-order valence-corrected chi connectivity index (χ0v) is 11.3. The van der Waals surface area contributed by atoms with Gasteiger partial charge in [-0.2, -0.15) is 0 Å². The predicted molar refractivity (Wildman–Crippen MR) is 70.6 cm³/mol. The third-order valence-corrected chi connectivity index (χ3v) is 4.25. The van der Waals surface area contributed by atoms with Crippen LogP contribution in [0.25, 0.3) is 0 Å². The Morgan fingerprint density at radius 2 is 1.59 bits per heavy atom. The van der Waals surface area contributed by atoms with Crippen LogP contribution in [0.1, 0.15) is 0 Å². The summed E-state index contributed by atoms with van der Waals surface area (Å²) in [7, 11) is 0. The van der Waals surface area contributed by atoms with Crippen LogP contribution in [-0.4, -0.2) is 0 Å².